The Hall–Kier alpha value is -2.34. The summed E-state index contributed by atoms with van der Waals surface area (Å²) in [7, 11) is 0. The van der Waals surface area contributed by atoms with Crippen molar-refractivity contribution in [3.63, 3.8) is 0 Å². The molecule has 3 fully saturated rings. The molecule has 142 valence electrons. The number of nitrogens with zero attached hydrogens (tertiary/aromatic N) is 3. The van der Waals surface area contributed by atoms with E-state index in [1.165, 1.54) is 12.1 Å². The Morgan fingerprint density at radius 2 is 1.96 bits per heavy atom. The minimum Gasteiger partial charge on any atom is -0.338 e. The van der Waals surface area contributed by atoms with Crippen LogP contribution in [0.1, 0.15) is 24.1 Å². The summed E-state index contributed by atoms with van der Waals surface area (Å²) >= 11 is 0. The van der Waals surface area contributed by atoms with Gasteiger partial charge in [0.05, 0.1) is 12.1 Å². The van der Waals surface area contributed by atoms with Crippen LogP contribution in [0.25, 0.3) is 0 Å². The van der Waals surface area contributed by atoms with Crippen molar-refractivity contribution in [2.45, 2.75) is 31.8 Å². The number of halogens is 2. The summed E-state index contributed by atoms with van der Waals surface area (Å²) in [4.78, 5) is 21.5. The van der Waals surface area contributed by atoms with Gasteiger partial charge >= 0.3 is 0 Å². The van der Waals surface area contributed by atoms with Crippen LogP contribution in [0.15, 0.2) is 42.6 Å². The molecule has 2 unspecified atom stereocenters. The molecule has 2 aromatic rings. The van der Waals surface area contributed by atoms with Crippen LogP contribution in [0.4, 0.5) is 8.78 Å². The number of piperidine rings is 1. The van der Waals surface area contributed by atoms with Crippen LogP contribution >= 0.6 is 0 Å². The molecule has 0 spiro atoms. The minimum atomic E-state index is -0.914. The summed E-state index contributed by atoms with van der Waals surface area (Å²) in [6, 6.07) is 10.0. The standard InChI is InChI=1S/C21H23F2N3O/c22-19-6-3-4-16(21(19)23)10-20(27)26-12-15-7-8-18(26)14-25(11-15)13-17-5-1-2-9-24-17/h1-6,9,15,18H,7-8,10-14H2. The minimum absolute atomic E-state index is 0.0902. The Kier molecular flexibility index (Phi) is 5.16. The Labute approximate surface area is 157 Å². The quantitative estimate of drug-likeness (QED) is 0.829. The van der Waals surface area contributed by atoms with Crippen LogP contribution in [-0.4, -0.2) is 46.4 Å². The van der Waals surface area contributed by atoms with Crippen LogP contribution in [0.2, 0.25) is 0 Å². The fraction of sp³-hybridized carbons (Fsp3) is 0.429. The number of carbonyl (C=O) groups excluding carboxylic acids is 1. The van der Waals surface area contributed by atoms with Crippen molar-refractivity contribution in [1.82, 2.24) is 14.8 Å². The second-order valence-corrected chi connectivity index (χ2v) is 7.55. The molecule has 1 amide bonds. The van der Waals surface area contributed by atoms with Crippen LogP contribution < -0.4 is 0 Å². The normalized spacial score (nSPS) is 22.7. The number of amides is 1. The molecular weight excluding hydrogens is 348 g/mol. The Balaban J connectivity index is 1.45. The van der Waals surface area contributed by atoms with Gasteiger partial charge in [-0.1, -0.05) is 18.2 Å². The lowest BCUT2D eigenvalue weighted by atomic mass is 9.94. The molecule has 0 N–H and O–H groups in total. The summed E-state index contributed by atoms with van der Waals surface area (Å²) in [6.45, 7) is 3.20. The molecule has 3 saturated heterocycles. The molecule has 0 saturated carbocycles. The second-order valence-electron chi connectivity index (χ2n) is 7.55. The highest BCUT2D eigenvalue weighted by Crippen LogP contribution is 2.29. The lowest BCUT2D eigenvalue weighted by Gasteiger charge is -2.36. The molecule has 5 rings (SSSR count). The van der Waals surface area contributed by atoms with E-state index in [1.807, 2.05) is 23.1 Å². The van der Waals surface area contributed by atoms with E-state index in [0.717, 1.165) is 44.2 Å². The third kappa shape index (κ3) is 4.00. The number of rotatable bonds is 4. The van der Waals surface area contributed by atoms with E-state index >= 15 is 0 Å². The monoisotopic (exact) mass is 371 g/mol. The number of carbonyl (C=O) groups is 1. The zero-order valence-corrected chi connectivity index (χ0v) is 15.2. The van der Waals surface area contributed by atoms with Crippen molar-refractivity contribution in [2.75, 3.05) is 19.6 Å². The molecule has 3 aliphatic rings. The fourth-order valence-electron chi connectivity index (χ4n) is 4.28. The summed E-state index contributed by atoms with van der Waals surface area (Å²) in [5.41, 5.74) is 1.16. The highest BCUT2D eigenvalue weighted by atomic mass is 19.2. The summed E-state index contributed by atoms with van der Waals surface area (Å²) in [5.74, 6) is -1.52. The predicted molar refractivity (Wildman–Crippen MR) is 97.8 cm³/mol. The highest BCUT2D eigenvalue weighted by molar-refractivity contribution is 5.79. The maximum Gasteiger partial charge on any atom is 0.227 e. The Morgan fingerprint density at radius 3 is 2.78 bits per heavy atom. The molecule has 27 heavy (non-hydrogen) atoms. The lowest BCUT2D eigenvalue weighted by Crippen LogP contribution is -2.48. The van der Waals surface area contributed by atoms with Gasteiger partial charge in [-0.25, -0.2) is 8.78 Å². The topological polar surface area (TPSA) is 36.4 Å². The molecular formula is C21H23F2N3O. The van der Waals surface area contributed by atoms with E-state index in [0.29, 0.717) is 12.5 Å². The van der Waals surface area contributed by atoms with Gasteiger partial charge in [-0.15, -0.1) is 0 Å². The van der Waals surface area contributed by atoms with Gasteiger partial charge in [0.1, 0.15) is 0 Å². The Bertz CT molecular complexity index is 814. The summed E-state index contributed by atoms with van der Waals surface area (Å²) in [5, 5.41) is 0. The van der Waals surface area contributed by atoms with Crippen molar-refractivity contribution < 1.29 is 13.6 Å². The number of pyridine rings is 1. The maximum atomic E-state index is 13.9. The van der Waals surface area contributed by atoms with Crippen LogP contribution in [0.3, 0.4) is 0 Å². The number of aromatic nitrogens is 1. The second kappa shape index (κ2) is 7.72. The van der Waals surface area contributed by atoms with Gasteiger partial charge in [0.2, 0.25) is 5.91 Å². The third-order valence-corrected chi connectivity index (χ3v) is 5.59. The van der Waals surface area contributed by atoms with Crippen molar-refractivity contribution in [2.24, 2.45) is 5.92 Å². The average molecular weight is 371 g/mol. The SMILES string of the molecule is O=C(Cc1cccc(F)c1F)N1CC2CCC1CN(Cc1ccccn1)C2. The first kappa shape index (κ1) is 18.0. The van der Waals surface area contributed by atoms with E-state index in [1.54, 1.807) is 6.20 Å². The van der Waals surface area contributed by atoms with Crippen LogP contribution in [0.5, 0.6) is 0 Å². The van der Waals surface area contributed by atoms with E-state index in [2.05, 4.69) is 9.88 Å². The fourth-order valence-corrected chi connectivity index (χ4v) is 4.28. The maximum absolute atomic E-state index is 13.9. The number of benzene rings is 1. The number of hydrogen-bond acceptors (Lipinski definition) is 3. The first-order valence-electron chi connectivity index (χ1n) is 9.45. The van der Waals surface area contributed by atoms with Crippen molar-refractivity contribution in [1.29, 1.82) is 0 Å². The largest absolute Gasteiger partial charge is 0.338 e. The van der Waals surface area contributed by atoms with Gasteiger partial charge in [-0.05, 0) is 37.0 Å². The van der Waals surface area contributed by atoms with Gasteiger partial charge in [0, 0.05) is 44.0 Å². The molecule has 2 bridgehead atoms. The van der Waals surface area contributed by atoms with E-state index in [9.17, 15) is 13.6 Å². The highest BCUT2D eigenvalue weighted by Gasteiger charge is 2.37. The van der Waals surface area contributed by atoms with Crippen LogP contribution in [-0.2, 0) is 17.8 Å². The van der Waals surface area contributed by atoms with Crippen molar-refractivity contribution in [3.8, 4) is 0 Å². The average Bonchev–Trinajstić information content (AvgIpc) is 2.97. The third-order valence-electron chi connectivity index (χ3n) is 5.59. The molecule has 0 aliphatic carbocycles. The first-order valence-corrected chi connectivity index (χ1v) is 9.45. The van der Waals surface area contributed by atoms with Gasteiger partial charge in [-0.2, -0.15) is 0 Å². The molecule has 6 heteroatoms. The molecule has 4 heterocycles. The van der Waals surface area contributed by atoms with Gasteiger partial charge < -0.3 is 4.90 Å². The molecule has 3 aliphatic heterocycles. The molecule has 1 aromatic heterocycles. The zero-order valence-electron chi connectivity index (χ0n) is 15.2. The molecule has 1 aromatic carbocycles. The van der Waals surface area contributed by atoms with Gasteiger partial charge in [-0.3, -0.25) is 14.7 Å². The number of fused-ring (bicyclic) bond motifs is 4. The van der Waals surface area contributed by atoms with Gasteiger partial charge in [0.25, 0.3) is 0 Å². The number of hydrogen-bond donors (Lipinski definition) is 0. The molecule has 4 nitrogen and oxygen atoms in total. The van der Waals surface area contributed by atoms with E-state index < -0.39 is 11.6 Å². The summed E-state index contributed by atoms with van der Waals surface area (Å²) in [6.07, 6.45) is 3.76. The van der Waals surface area contributed by atoms with E-state index in [4.69, 9.17) is 0 Å². The lowest BCUT2D eigenvalue weighted by molar-refractivity contribution is -0.134. The van der Waals surface area contributed by atoms with E-state index in [-0.39, 0.29) is 23.9 Å². The first-order chi connectivity index (χ1) is 13.1. The zero-order chi connectivity index (χ0) is 18.8. The Morgan fingerprint density at radius 1 is 1.07 bits per heavy atom. The smallest absolute Gasteiger partial charge is 0.227 e. The molecule has 2 atom stereocenters. The van der Waals surface area contributed by atoms with Crippen molar-refractivity contribution >= 4 is 5.91 Å². The van der Waals surface area contributed by atoms with Crippen LogP contribution in [0, 0.1) is 17.6 Å². The molecule has 0 radical (unpaired) electrons. The van der Waals surface area contributed by atoms with Crippen molar-refractivity contribution in [3.05, 3.63) is 65.5 Å². The van der Waals surface area contributed by atoms with Gasteiger partial charge in [0.15, 0.2) is 11.6 Å². The predicted octanol–water partition coefficient (Wildman–Crippen LogP) is 3.03. The summed E-state index contributed by atoms with van der Waals surface area (Å²) < 4.78 is 27.4.